The predicted molar refractivity (Wildman–Crippen MR) is 210 cm³/mol. The smallest absolute Gasteiger partial charge is 0.260 e. The fourth-order valence-corrected chi connectivity index (χ4v) is 7.27. The van der Waals surface area contributed by atoms with Crippen LogP contribution in [0.25, 0.3) is 11.6 Å². The highest BCUT2D eigenvalue weighted by Gasteiger charge is 2.44. The Labute approximate surface area is 326 Å². The summed E-state index contributed by atoms with van der Waals surface area (Å²) in [5.74, 6) is 0.947. The number of fused-ring (bicyclic) bond motifs is 2. The molecule has 0 spiro atoms. The van der Waals surface area contributed by atoms with Crippen LogP contribution >= 0.6 is 23.2 Å². The molecule has 1 N–H and O–H groups in total. The quantitative estimate of drug-likeness (QED) is 0.186. The molecule has 0 aromatic carbocycles. The van der Waals surface area contributed by atoms with Crippen molar-refractivity contribution in [2.24, 2.45) is 0 Å². The number of anilines is 2. The third-order valence-corrected chi connectivity index (χ3v) is 9.81. The van der Waals surface area contributed by atoms with Gasteiger partial charge >= 0.3 is 0 Å². The van der Waals surface area contributed by atoms with Crippen LogP contribution in [0.4, 0.5) is 11.6 Å². The van der Waals surface area contributed by atoms with E-state index >= 15 is 0 Å². The van der Waals surface area contributed by atoms with Gasteiger partial charge in [-0.2, -0.15) is 0 Å². The number of carbonyl (C=O) groups is 2. The molecular formula is C41H46Cl2N6O5. The summed E-state index contributed by atoms with van der Waals surface area (Å²) in [6.07, 6.45) is 11.6. The number of aliphatic hydroxyl groups is 1. The highest BCUT2D eigenvalue weighted by atomic mass is 35.5. The first-order chi connectivity index (χ1) is 25.7. The van der Waals surface area contributed by atoms with Gasteiger partial charge in [0.25, 0.3) is 5.91 Å². The van der Waals surface area contributed by atoms with Crippen LogP contribution in [0.15, 0.2) is 61.2 Å². The fraction of sp³-hybridized carbons (Fsp3) is 0.415. The highest BCUT2D eigenvalue weighted by Crippen LogP contribution is 2.42. The molecule has 3 aliphatic rings. The molecule has 2 atom stereocenters. The van der Waals surface area contributed by atoms with E-state index in [0.29, 0.717) is 57.2 Å². The molecule has 284 valence electrons. The number of hydrogen-bond donors (Lipinski definition) is 1. The highest BCUT2D eigenvalue weighted by molar-refractivity contribution is 6.36. The van der Waals surface area contributed by atoms with Crippen molar-refractivity contribution in [3.8, 4) is 0 Å². The molecule has 1 saturated heterocycles. The minimum Gasteiger partial charge on any atom is -0.392 e. The molecule has 11 nitrogen and oxygen atoms in total. The van der Waals surface area contributed by atoms with Crippen LogP contribution < -0.4 is 9.80 Å². The van der Waals surface area contributed by atoms with Gasteiger partial charge in [-0.3, -0.25) is 29.4 Å². The number of nitrogens with zero attached hydrogens (tertiary/aromatic N) is 6. The number of hydrogen-bond acceptors (Lipinski definition) is 9. The lowest BCUT2D eigenvalue weighted by Gasteiger charge is -2.31. The molecular weight excluding hydrogens is 727 g/mol. The van der Waals surface area contributed by atoms with Crippen molar-refractivity contribution in [2.75, 3.05) is 16.4 Å². The van der Waals surface area contributed by atoms with Gasteiger partial charge in [0.2, 0.25) is 5.91 Å². The van der Waals surface area contributed by atoms with E-state index in [0.717, 1.165) is 42.6 Å². The zero-order valence-corrected chi connectivity index (χ0v) is 33.0. The number of rotatable bonds is 7. The second kappa shape index (κ2) is 16.2. The van der Waals surface area contributed by atoms with Crippen molar-refractivity contribution in [3.05, 3.63) is 105 Å². The van der Waals surface area contributed by atoms with Gasteiger partial charge in [-0.25, -0.2) is 9.97 Å². The van der Waals surface area contributed by atoms with Gasteiger partial charge in [-0.05, 0) is 97.2 Å². The number of pyridine rings is 4. The Hall–Kier alpha value is -4.26. The Kier molecular flexibility index (Phi) is 11.8. The molecule has 4 aromatic rings. The molecule has 2 unspecified atom stereocenters. The van der Waals surface area contributed by atoms with Crippen LogP contribution in [0.3, 0.4) is 0 Å². The summed E-state index contributed by atoms with van der Waals surface area (Å²) in [7, 11) is 0. The second-order valence-electron chi connectivity index (χ2n) is 15.5. The Bertz CT molecular complexity index is 2050. The number of aromatic nitrogens is 4. The van der Waals surface area contributed by atoms with Crippen molar-refractivity contribution >= 4 is 58.3 Å². The van der Waals surface area contributed by atoms with Crippen LogP contribution in [0, 0.1) is 0 Å². The summed E-state index contributed by atoms with van der Waals surface area (Å²) in [5.41, 5.74) is 4.32. The molecule has 4 aromatic heterocycles. The van der Waals surface area contributed by atoms with Gasteiger partial charge in [0.05, 0.1) is 40.4 Å². The van der Waals surface area contributed by atoms with Gasteiger partial charge in [-0.15, -0.1) is 0 Å². The summed E-state index contributed by atoms with van der Waals surface area (Å²) in [4.78, 5) is 47.5. The summed E-state index contributed by atoms with van der Waals surface area (Å²) in [6, 6.07) is 11.0. The van der Waals surface area contributed by atoms with Gasteiger partial charge in [0.1, 0.15) is 11.6 Å². The van der Waals surface area contributed by atoms with E-state index < -0.39 is 5.54 Å². The van der Waals surface area contributed by atoms with Gasteiger partial charge in [0.15, 0.2) is 6.29 Å². The molecule has 54 heavy (non-hydrogen) atoms. The minimum absolute atomic E-state index is 0.0110. The number of halogens is 2. The average Bonchev–Trinajstić information content (AvgIpc) is 3.59. The van der Waals surface area contributed by atoms with Crippen molar-refractivity contribution < 1.29 is 24.2 Å². The fourth-order valence-electron chi connectivity index (χ4n) is 6.91. The zero-order valence-electron chi connectivity index (χ0n) is 31.5. The SMILES string of the molecule is CC(C)(C)N1C(=O)/C(=C/c2ncc(Cl)cc2COC2CCCCO2)c2cccnc21.CC(C)(C)N1C(=O)C(Cc2ncc(Cl)cc2CO)c2cccnc21. The Morgan fingerprint density at radius 3 is 2.22 bits per heavy atom. The third kappa shape index (κ3) is 8.50. The van der Waals surface area contributed by atoms with E-state index in [2.05, 4.69) is 19.9 Å². The van der Waals surface area contributed by atoms with Crippen LogP contribution in [-0.4, -0.2) is 60.8 Å². The van der Waals surface area contributed by atoms with Gasteiger partial charge < -0.3 is 14.6 Å². The number of amides is 2. The van der Waals surface area contributed by atoms with Crippen molar-refractivity contribution in [1.82, 2.24) is 19.9 Å². The summed E-state index contributed by atoms with van der Waals surface area (Å²) < 4.78 is 11.6. The molecule has 0 bridgehead atoms. The summed E-state index contributed by atoms with van der Waals surface area (Å²) >= 11 is 12.1. The molecule has 3 aliphatic heterocycles. The molecule has 0 radical (unpaired) electrons. The largest absolute Gasteiger partial charge is 0.392 e. The summed E-state index contributed by atoms with van der Waals surface area (Å²) in [5, 5.41) is 10.5. The first-order valence-corrected chi connectivity index (χ1v) is 18.9. The molecule has 0 aliphatic carbocycles. The lowest BCUT2D eigenvalue weighted by atomic mass is 9.94. The van der Waals surface area contributed by atoms with Crippen molar-refractivity contribution in [1.29, 1.82) is 0 Å². The maximum atomic E-state index is 13.3. The Morgan fingerprint density at radius 1 is 0.889 bits per heavy atom. The van der Waals surface area contributed by atoms with E-state index in [1.807, 2.05) is 78.0 Å². The van der Waals surface area contributed by atoms with Crippen LogP contribution in [-0.2, 0) is 38.7 Å². The van der Waals surface area contributed by atoms with Gasteiger partial charge in [0, 0.05) is 76.8 Å². The number of aliphatic hydroxyl groups excluding tert-OH is 1. The topological polar surface area (TPSA) is 131 Å². The first kappa shape index (κ1) is 39.4. The first-order valence-electron chi connectivity index (χ1n) is 18.1. The van der Waals surface area contributed by atoms with E-state index in [1.54, 1.807) is 40.7 Å². The van der Waals surface area contributed by atoms with Crippen molar-refractivity contribution in [2.45, 2.75) is 104 Å². The van der Waals surface area contributed by atoms with Gasteiger partial charge in [-0.1, -0.05) is 29.3 Å². The molecule has 13 heteroatoms. The second-order valence-corrected chi connectivity index (χ2v) is 16.4. The summed E-state index contributed by atoms with van der Waals surface area (Å²) in [6.45, 7) is 12.8. The van der Waals surface area contributed by atoms with E-state index in [9.17, 15) is 14.7 Å². The molecule has 2 amide bonds. The van der Waals surface area contributed by atoms with Crippen molar-refractivity contribution in [3.63, 3.8) is 0 Å². The maximum Gasteiger partial charge on any atom is 0.260 e. The Morgan fingerprint density at radius 2 is 1.56 bits per heavy atom. The Balaban J connectivity index is 0.000000189. The average molecular weight is 774 g/mol. The molecule has 7 heterocycles. The minimum atomic E-state index is -0.395. The zero-order chi connectivity index (χ0) is 38.8. The van der Waals surface area contributed by atoms with Crippen LogP contribution in [0.1, 0.15) is 100 Å². The third-order valence-electron chi connectivity index (χ3n) is 9.39. The monoisotopic (exact) mass is 772 g/mol. The molecule has 0 saturated carbocycles. The normalized spacial score (nSPS) is 19.2. The predicted octanol–water partition coefficient (Wildman–Crippen LogP) is 7.95. The molecule has 7 rings (SSSR count). The van der Waals surface area contributed by atoms with E-state index in [1.165, 1.54) is 0 Å². The number of ether oxygens (including phenoxy) is 2. The maximum absolute atomic E-state index is 13.3. The van der Waals surface area contributed by atoms with Crippen LogP contribution in [0.5, 0.6) is 0 Å². The standard InChI is InChI=1S/C23H26ClN3O3.C18H20ClN3O2/c1-23(2,3)27-21-17(7-6-9-25-21)18(22(27)28)12-19-15(11-16(24)13-26-19)14-30-20-8-4-5-10-29-20;1-18(2,3)22-16-13(5-4-6-20-16)14(17(22)24)8-15-11(10-23)7-12(19)9-21-15/h6-7,9,11-13,20H,4-5,8,10,14H2,1-3H3;4-7,9,14,23H,8,10H2,1-3H3/b18-12+;. The number of carbonyl (C=O) groups excluding carboxylic acids is 2. The lowest BCUT2D eigenvalue weighted by Crippen LogP contribution is -2.45. The van der Waals surface area contributed by atoms with Crippen LogP contribution in [0.2, 0.25) is 10.0 Å². The molecule has 1 fully saturated rings. The van der Waals surface area contributed by atoms with E-state index in [4.69, 9.17) is 32.7 Å². The lowest BCUT2D eigenvalue weighted by molar-refractivity contribution is -0.169. The van der Waals surface area contributed by atoms with E-state index in [-0.39, 0.29) is 36.2 Å².